The summed E-state index contributed by atoms with van der Waals surface area (Å²) in [5.41, 5.74) is -3.65. The number of hydrogen-bond donors (Lipinski definition) is 6. The van der Waals surface area contributed by atoms with Gasteiger partial charge in [-0.3, -0.25) is 24.6 Å². The number of nitrogens with one attached hydrogen (secondary N) is 1. The highest BCUT2D eigenvalue weighted by atomic mass is 16.7. The van der Waals surface area contributed by atoms with Crippen LogP contribution in [-0.4, -0.2) is 196 Å². The summed E-state index contributed by atoms with van der Waals surface area (Å²) in [6.07, 6.45) is -9.38. The molecule has 71 heavy (non-hydrogen) atoms. The van der Waals surface area contributed by atoms with Crippen LogP contribution in [0.25, 0.3) is 0 Å². The second-order valence-corrected chi connectivity index (χ2v) is 22.5. The first kappa shape index (κ1) is 57.2. The minimum Gasteiger partial charge on any atom is -0.459 e. The average molecular weight is 1010 g/mol. The lowest BCUT2D eigenvalue weighted by atomic mass is 9.77. The van der Waals surface area contributed by atoms with Crippen molar-refractivity contribution < 1.29 is 68.5 Å². The van der Waals surface area contributed by atoms with Crippen LogP contribution in [0.5, 0.6) is 0 Å². The molecule has 1 amide bonds. The second kappa shape index (κ2) is 22.8. The molecular weight excluding hydrogens is 923 g/mol. The standard InChI is InChI=1S/C51H85N5O15/c1-14-38-51(10,63)43(58)31(6)54(12)24-27(2)22-49(8,62)45(29(4)42(30(5)47(61)69-38)70-39-23-50(9,66-13)44(59)32(7)68-39)71-48-41(57)37(21-28(3)67-48)53(11)20-19-52-46(60)40-35-25-55(26-36(35)40)33-15-17-34(18-16-33)56(64)65/h15-18,27-32,35-45,48,57-59,62-63H,14,19-26H2,1-13H3,(H,52,60)/t27-,28-,29+,30-,31-,32+,35-,36+,37+,38-,39+,40-,41-,42+,43-,44+,45-,48+,49-,50-,51-/m1/s1. The van der Waals surface area contributed by atoms with E-state index in [1.165, 1.54) is 26.2 Å². The fourth-order valence-electron chi connectivity index (χ4n) is 12.2. The molecule has 4 aliphatic heterocycles. The first-order valence-corrected chi connectivity index (χ1v) is 25.7. The molecule has 0 aromatic heterocycles. The summed E-state index contributed by atoms with van der Waals surface area (Å²) in [6.45, 7) is 19.9. The third kappa shape index (κ3) is 12.5. The van der Waals surface area contributed by atoms with Crippen LogP contribution in [0.2, 0.25) is 0 Å². The van der Waals surface area contributed by atoms with Crippen molar-refractivity contribution in [2.24, 2.45) is 35.5 Å². The van der Waals surface area contributed by atoms with E-state index in [9.17, 15) is 45.2 Å². The van der Waals surface area contributed by atoms with E-state index in [2.05, 4.69) is 10.2 Å². The number of aliphatic hydroxyl groups is 5. The van der Waals surface area contributed by atoms with Gasteiger partial charge in [0.1, 0.15) is 30.0 Å². The first-order chi connectivity index (χ1) is 33.1. The molecule has 20 heteroatoms. The SMILES string of the molecule is CC[C@H]1OC(=O)[C@H](C)[C@@H](O[C@H]2C[C@@](C)(OC)[C@@H](O)[C@H](C)O2)[C@H](C)[C@@H](O[C@@H]2O[C@H](C)C[C@H](N(C)CCNC(=O)[C@@H]3[C@@H]4CN(c5ccc([N+](=O)[O-])cc5)C[C@@H]43)[C@H]2O)[C@](C)(O)C[C@@H](C)CN(C)[C@H](C)[C@@H](O)[C@]1(C)O. The molecule has 21 atom stereocenters. The van der Waals surface area contributed by atoms with Crippen LogP contribution in [0.3, 0.4) is 0 Å². The maximum atomic E-state index is 14.5. The van der Waals surface area contributed by atoms with Crippen molar-refractivity contribution in [3.63, 3.8) is 0 Å². The van der Waals surface area contributed by atoms with Gasteiger partial charge in [-0.1, -0.05) is 20.8 Å². The van der Waals surface area contributed by atoms with E-state index in [1.54, 1.807) is 60.6 Å². The molecule has 0 spiro atoms. The van der Waals surface area contributed by atoms with Crippen molar-refractivity contribution in [1.82, 2.24) is 15.1 Å². The number of piperidine rings is 1. The van der Waals surface area contributed by atoms with Crippen LogP contribution in [0.15, 0.2) is 24.3 Å². The van der Waals surface area contributed by atoms with Crippen LogP contribution in [0.4, 0.5) is 11.4 Å². The van der Waals surface area contributed by atoms with Gasteiger partial charge >= 0.3 is 5.97 Å². The molecule has 0 bridgehead atoms. The molecule has 0 radical (unpaired) electrons. The number of nitro benzene ring substituents is 1. The molecule has 6 N–H and O–H groups in total. The zero-order valence-corrected chi connectivity index (χ0v) is 44.2. The van der Waals surface area contributed by atoms with Gasteiger partial charge in [0.2, 0.25) is 5.91 Å². The maximum absolute atomic E-state index is 14.5. The molecule has 4 heterocycles. The van der Waals surface area contributed by atoms with E-state index in [-0.39, 0.29) is 54.5 Å². The van der Waals surface area contributed by atoms with E-state index < -0.39 is 113 Å². The van der Waals surface area contributed by atoms with Crippen molar-refractivity contribution in [1.29, 1.82) is 0 Å². The second-order valence-electron chi connectivity index (χ2n) is 22.5. The minimum atomic E-state index is -1.85. The zero-order valence-electron chi connectivity index (χ0n) is 44.2. The number of esters is 1. The smallest absolute Gasteiger partial charge is 0.311 e. The van der Waals surface area contributed by atoms with Gasteiger partial charge in [0.15, 0.2) is 12.6 Å². The molecule has 1 aromatic carbocycles. The fourth-order valence-corrected chi connectivity index (χ4v) is 12.2. The third-order valence-electron chi connectivity index (χ3n) is 16.8. The van der Waals surface area contributed by atoms with E-state index in [0.717, 1.165) is 5.69 Å². The predicted molar refractivity (Wildman–Crippen MR) is 262 cm³/mol. The Balaban J connectivity index is 1.21. The Morgan fingerprint density at radius 1 is 0.958 bits per heavy atom. The maximum Gasteiger partial charge on any atom is 0.311 e. The Morgan fingerprint density at radius 2 is 1.59 bits per heavy atom. The van der Waals surface area contributed by atoms with Gasteiger partial charge in [-0.05, 0) is 112 Å². The van der Waals surface area contributed by atoms with Crippen LogP contribution in [-0.2, 0) is 38.0 Å². The van der Waals surface area contributed by atoms with Crippen molar-refractivity contribution in [2.75, 3.05) is 58.8 Å². The summed E-state index contributed by atoms with van der Waals surface area (Å²) < 4.78 is 38.2. The lowest BCUT2D eigenvalue weighted by Gasteiger charge is -2.49. The number of fused-ring (bicyclic) bond motifs is 1. The molecule has 20 nitrogen and oxygen atoms in total. The number of anilines is 1. The van der Waals surface area contributed by atoms with E-state index in [4.69, 9.17) is 28.4 Å². The molecule has 1 saturated carbocycles. The van der Waals surface area contributed by atoms with E-state index >= 15 is 0 Å². The van der Waals surface area contributed by atoms with Crippen molar-refractivity contribution in [3.05, 3.63) is 34.4 Å². The Morgan fingerprint density at radius 3 is 2.18 bits per heavy atom. The number of methoxy groups -OCH3 is 1. The Kier molecular flexibility index (Phi) is 18.3. The van der Waals surface area contributed by atoms with Crippen LogP contribution in [0.1, 0.15) is 94.9 Å². The minimum absolute atomic E-state index is 0.0211. The number of nitro groups is 1. The van der Waals surface area contributed by atoms with Gasteiger partial charge in [0.05, 0.1) is 46.5 Å². The van der Waals surface area contributed by atoms with Crippen LogP contribution < -0.4 is 10.2 Å². The summed E-state index contributed by atoms with van der Waals surface area (Å²) in [4.78, 5) is 44.6. The molecule has 1 aromatic rings. The number of nitrogens with zero attached hydrogens (tertiary/aromatic N) is 4. The first-order valence-electron chi connectivity index (χ1n) is 25.7. The van der Waals surface area contributed by atoms with Crippen LogP contribution >= 0.6 is 0 Å². The Labute approximate surface area is 419 Å². The summed E-state index contributed by atoms with van der Waals surface area (Å²) in [5, 5.41) is 73.8. The number of hydrogen-bond acceptors (Lipinski definition) is 18. The van der Waals surface area contributed by atoms with Gasteiger partial charge in [-0.25, -0.2) is 0 Å². The average Bonchev–Trinajstić information content (AvgIpc) is 3.82. The summed E-state index contributed by atoms with van der Waals surface area (Å²) in [7, 11) is 5.19. The fraction of sp³-hybridized carbons (Fsp3) is 0.843. The Hall–Kier alpha value is -3.12. The van der Waals surface area contributed by atoms with Gasteiger partial charge in [-0.2, -0.15) is 0 Å². The number of cyclic esters (lactones) is 1. The van der Waals surface area contributed by atoms with Crippen molar-refractivity contribution in [3.8, 4) is 0 Å². The molecule has 6 rings (SSSR count). The molecule has 4 saturated heterocycles. The molecule has 5 fully saturated rings. The predicted octanol–water partition coefficient (Wildman–Crippen LogP) is 2.68. The van der Waals surface area contributed by atoms with Gasteiger partial charge < -0.3 is 69.1 Å². The number of carbonyl (C=O) groups is 2. The largest absolute Gasteiger partial charge is 0.459 e. The molecule has 5 aliphatic rings. The number of aliphatic hydroxyl groups excluding tert-OH is 3. The van der Waals surface area contributed by atoms with Gasteiger partial charge in [0.25, 0.3) is 5.69 Å². The normalized spacial score (nSPS) is 44.0. The number of rotatable bonds is 13. The van der Waals surface area contributed by atoms with E-state index in [0.29, 0.717) is 39.1 Å². The molecular formula is C51H85N5O15. The van der Waals surface area contributed by atoms with Crippen molar-refractivity contribution in [2.45, 2.75) is 185 Å². The highest BCUT2D eigenvalue weighted by Gasteiger charge is 2.59. The van der Waals surface area contributed by atoms with E-state index in [1.807, 2.05) is 37.7 Å². The molecule has 404 valence electrons. The molecule has 1 aliphatic carbocycles. The highest BCUT2D eigenvalue weighted by Crippen LogP contribution is 2.53. The number of non-ortho nitro benzene ring substituents is 1. The number of likely N-dealkylation sites (N-methyl/N-ethyl adjacent to an activating group) is 2. The van der Waals surface area contributed by atoms with Crippen LogP contribution in [0, 0.1) is 45.6 Å². The topological polar surface area (TPSA) is 256 Å². The summed E-state index contributed by atoms with van der Waals surface area (Å²) in [6, 6.07) is 5.41. The number of carbonyl (C=O) groups excluding carboxylic acids is 2. The quantitative estimate of drug-likeness (QED) is 0.0944. The Bertz CT molecular complexity index is 1950. The van der Waals surface area contributed by atoms with Crippen molar-refractivity contribution >= 4 is 23.3 Å². The highest BCUT2D eigenvalue weighted by molar-refractivity contribution is 5.83. The summed E-state index contributed by atoms with van der Waals surface area (Å²) in [5.74, 6) is -2.58. The van der Waals surface area contributed by atoms with Gasteiger partial charge in [0, 0.05) is 88.0 Å². The number of ether oxygens (including phenoxy) is 6. The number of amides is 1. The van der Waals surface area contributed by atoms with Gasteiger partial charge in [-0.15, -0.1) is 0 Å². The lowest BCUT2D eigenvalue weighted by molar-refractivity contribution is -0.384. The summed E-state index contributed by atoms with van der Waals surface area (Å²) >= 11 is 0. The molecule has 0 unspecified atom stereocenters. The number of benzene rings is 1. The third-order valence-corrected chi connectivity index (χ3v) is 16.8. The monoisotopic (exact) mass is 1010 g/mol. The zero-order chi connectivity index (χ0) is 52.7. The lowest BCUT2D eigenvalue weighted by Crippen LogP contribution is -2.61.